The van der Waals surface area contributed by atoms with Gasteiger partial charge in [-0.25, -0.2) is 5.11 Å². The molecule has 0 rings (SSSR count). The van der Waals surface area contributed by atoms with Crippen molar-refractivity contribution in [1.29, 1.82) is 0 Å². The Kier molecular flexibility index (Phi) is 13.4. The summed E-state index contributed by atoms with van der Waals surface area (Å²) in [5.74, 6) is 0. The largest absolute Gasteiger partial charge is 0.237 e. The lowest BCUT2D eigenvalue weighted by molar-refractivity contribution is 0.186. The third kappa shape index (κ3) is 13.7. The molecule has 0 aromatic rings. The maximum atomic E-state index is 10.2. The molecule has 0 N–H and O–H groups in total. The smallest absolute Gasteiger partial charge is 0.0822 e. The second-order valence-electron chi connectivity index (χ2n) is 4.23. The van der Waals surface area contributed by atoms with Crippen LogP contribution < -0.4 is 0 Å². The summed E-state index contributed by atoms with van der Waals surface area (Å²) in [6, 6.07) is 0. The van der Waals surface area contributed by atoms with Gasteiger partial charge in [-0.05, 0) is 32.1 Å². The molecule has 0 fully saturated rings. The minimum absolute atomic E-state index is 0.104. The van der Waals surface area contributed by atoms with Crippen LogP contribution in [0.5, 0.6) is 0 Å². The van der Waals surface area contributed by atoms with Crippen molar-refractivity contribution in [2.45, 2.75) is 71.1 Å². The van der Waals surface area contributed by atoms with E-state index in [1.54, 1.807) is 0 Å². The molecule has 89 valence electrons. The van der Waals surface area contributed by atoms with Crippen molar-refractivity contribution < 1.29 is 5.11 Å². The topological polar surface area (TPSA) is 19.9 Å². The van der Waals surface area contributed by atoms with Gasteiger partial charge in [0.25, 0.3) is 0 Å². The van der Waals surface area contributed by atoms with Gasteiger partial charge in [0.2, 0.25) is 0 Å². The summed E-state index contributed by atoms with van der Waals surface area (Å²) in [5, 5.41) is 10.2. The van der Waals surface area contributed by atoms with Crippen molar-refractivity contribution in [3.63, 3.8) is 0 Å². The number of rotatable bonds is 11. The molecule has 1 nitrogen and oxygen atoms in total. The molecule has 0 aliphatic carbocycles. The minimum Gasteiger partial charge on any atom is -0.237 e. The third-order valence-corrected chi connectivity index (χ3v) is 2.66. The average Bonchev–Trinajstić information content (AvgIpc) is 2.26. The lowest BCUT2D eigenvalue weighted by Gasteiger charge is -1.96. The Morgan fingerprint density at radius 3 is 1.80 bits per heavy atom. The Morgan fingerprint density at radius 2 is 1.27 bits per heavy atom. The highest BCUT2D eigenvalue weighted by Crippen LogP contribution is 2.06. The van der Waals surface area contributed by atoms with Crippen LogP contribution in [0.1, 0.15) is 71.1 Å². The second-order valence-corrected chi connectivity index (χ2v) is 4.23. The van der Waals surface area contributed by atoms with E-state index in [-0.39, 0.29) is 6.61 Å². The quantitative estimate of drug-likeness (QED) is 0.342. The molecule has 0 unspecified atom stereocenters. The first-order chi connectivity index (χ1) is 7.41. The Labute approximate surface area is 95.6 Å². The molecule has 1 radical (unpaired) electrons. The number of unbranched alkanes of at least 4 members (excludes halogenated alkanes) is 8. The van der Waals surface area contributed by atoms with E-state index in [2.05, 4.69) is 19.1 Å². The summed E-state index contributed by atoms with van der Waals surface area (Å²) in [6.45, 7) is 2.35. The lowest BCUT2D eigenvalue weighted by atomic mass is 10.1. The molecule has 0 aromatic carbocycles. The molecule has 0 saturated carbocycles. The Bertz CT molecular complexity index is 129. The van der Waals surface area contributed by atoms with E-state index in [9.17, 15) is 5.11 Å². The maximum absolute atomic E-state index is 10.2. The van der Waals surface area contributed by atoms with Crippen LogP contribution in [0.2, 0.25) is 0 Å². The summed E-state index contributed by atoms with van der Waals surface area (Å²) in [6.07, 6.45) is 17.0. The van der Waals surface area contributed by atoms with E-state index in [4.69, 9.17) is 0 Å². The van der Waals surface area contributed by atoms with Gasteiger partial charge >= 0.3 is 0 Å². The average molecular weight is 211 g/mol. The Morgan fingerprint density at radius 1 is 0.733 bits per heavy atom. The van der Waals surface area contributed by atoms with E-state index >= 15 is 0 Å². The van der Waals surface area contributed by atoms with E-state index in [0.29, 0.717) is 0 Å². The van der Waals surface area contributed by atoms with Gasteiger partial charge in [-0.15, -0.1) is 0 Å². The first kappa shape index (κ1) is 14.7. The van der Waals surface area contributed by atoms with Crippen LogP contribution in [-0.2, 0) is 5.11 Å². The van der Waals surface area contributed by atoms with Crippen LogP contribution in [0, 0.1) is 0 Å². The molecule has 15 heavy (non-hydrogen) atoms. The summed E-state index contributed by atoms with van der Waals surface area (Å²) >= 11 is 0. The van der Waals surface area contributed by atoms with Gasteiger partial charge in [-0.3, -0.25) is 0 Å². The predicted octanol–water partition coefficient (Wildman–Crippen LogP) is 4.89. The molecule has 1 heteroatoms. The van der Waals surface area contributed by atoms with Crippen molar-refractivity contribution in [2.75, 3.05) is 6.61 Å². The summed E-state index contributed by atoms with van der Waals surface area (Å²) < 4.78 is 0. The highest BCUT2D eigenvalue weighted by atomic mass is 16.2. The maximum Gasteiger partial charge on any atom is 0.0822 e. The zero-order chi connectivity index (χ0) is 11.2. The van der Waals surface area contributed by atoms with Gasteiger partial charge in [-0.1, -0.05) is 51.2 Å². The highest BCUT2D eigenvalue weighted by molar-refractivity contribution is 4.81. The van der Waals surface area contributed by atoms with E-state index < -0.39 is 0 Å². The molecule has 0 spiro atoms. The SMILES string of the molecule is CCCCCCC=CCCCCCC[O]. The van der Waals surface area contributed by atoms with Crippen LogP contribution in [0.15, 0.2) is 12.2 Å². The zero-order valence-electron chi connectivity index (χ0n) is 10.3. The molecule has 0 saturated heterocycles. The molecule has 0 aliphatic heterocycles. The van der Waals surface area contributed by atoms with Crippen LogP contribution in [0.25, 0.3) is 0 Å². The fourth-order valence-electron chi connectivity index (χ4n) is 1.64. The van der Waals surface area contributed by atoms with Crippen molar-refractivity contribution in [3.05, 3.63) is 12.2 Å². The van der Waals surface area contributed by atoms with E-state index in [0.717, 1.165) is 12.8 Å². The molecular formula is C14H27O. The van der Waals surface area contributed by atoms with Gasteiger partial charge < -0.3 is 0 Å². The molecule has 0 aliphatic rings. The number of allylic oxidation sites excluding steroid dienone is 2. The van der Waals surface area contributed by atoms with Gasteiger partial charge in [-0.2, -0.15) is 0 Å². The molecular weight excluding hydrogens is 184 g/mol. The summed E-state index contributed by atoms with van der Waals surface area (Å²) in [7, 11) is 0. The van der Waals surface area contributed by atoms with E-state index in [1.165, 1.54) is 51.4 Å². The van der Waals surface area contributed by atoms with Crippen LogP contribution in [-0.4, -0.2) is 6.61 Å². The van der Waals surface area contributed by atoms with Gasteiger partial charge in [0.15, 0.2) is 0 Å². The van der Waals surface area contributed by atoms with E-state index in [1.807, 2.05) is 0 Å². The summed E-state index contributed by atoms with van der Waals surface area (Å²) in [5.41, 5.74) is 0. The number of hydrogen-bond acceptors (Lipinski definition) is 0. The van der Waals surface area contributed by atoms with Crippen molar-refractivity contribution in [2.24, 2.45) is 0 Å². The van der Waals surface area contributed by atoms with Gasteiger partial charge in [0.1, 0.15) is 0 Å². The highest BCUT2D eigenvalue weighted by Gasteiger charge is 1.88. The van der Waals surface area contributed by atoms with Gasteiger partial charge in [0, 0.05) is 0 Å². The monoisotopic (exact) mass is 211 g/mol. The predicted molar refractivity (Wildman–Crippen MR) is 66.5 cm³/mol. The van der Waals surface area contributed by atoms with Crippen molar-refractivity contribution in [1.82, 2.24) is 0 Å². The zero-order valence-corrected chi connectivity index (χ0v) is 10.3. The lowest BCUT2D eigenvalue weighted by Crippen LogP contribution is -1.81. The standard InChI is InChI=1S/C14H27O/c1-2-3-4-5-6-7-8-9-10-11-12-13-14-15/h7-8H,2-6,9-14H2,1H3. The molecule has 0 aromatic heterocycles. The fourth-order valence-corrected chi connectivity index (χ4v) is 1.64. The molecule has 0 heterocycles. The first-order valence-corrected chi connectivity index (χ1v) is 6.65. The second kappa shape index (κ2) is 13.7. The van der Waals surface area contributed by atoms with Crippen LogP contribution >= 0.6 is 0 Å². The Hall–Kier alpha value is -0.300. The third-order valence-electron chi connectivity index (χ3n) is 2.66. The van der Waals surface area contributed by atoms with Crippen LogP contribution in [0.3, 0.4) is 0 Å². The Balaban J connectivity index is 2.97. The van der Waals surface area contributed by atoms with Gasteiger partial charge in [0.05, 0.1) is 6.61 Å². The fraction of sp³-hybridized carbons (Fsp3) is 0.857. The molecule has 0 amide bonds. The minimum atomic E-state index is 0.104. The first-order valence-electron chi connectivity index (χ1n) is 6.65. The summed E-state index contributed by atoms with van der Waals surface area (Å²) in [4.78, 5) is 0. The molecule has 0 atom stereocenters. The van der Waals surface area contributed by atoms with Crippen molar-refractivity contribution in [3.8, 4) is 0 Å². The normalized spacial score (nSPS) is 11.3. The van der Waals surface area contributed by atoms with Crippen molar-refractivity contribution >= 4 is 0 Å². The van der Waals surface area contributed by atoms with Crippen LogP contribution in [0.4, 0.5) is 0 Å². The number of hydrogen-bond donors (Lipinski definition) is 0. The molecule has 0 bridgehead atoms.